The summed E-state index contributed by atoms with van der Waals surface area (Å²) in [6.45, 7) is 0. The summed E-state index contributed by atoms with van der Waals surface area (Å²) < 4.78 is 2.40. The quantitative estimate of drug-likeness (QED) is 0.148. The molecule has 1 saturated carbocycles. The lowest BCUT2D eigenvalue weighted by Gasteiger charge is -2.31. The van der Waals surface area contributed by atoms with Crippen LogP contribution >= 0.6 is 0 Å². The standard InChI is InChI=1S/C65H48N2/c1-3-20-45(21-4-1)50-24-7-8-25-52(50)53-26-9-10-27-54(53)57-29-12-15-33-61(57)66(49-40-41-56-55-28-11-14-32-59(55)65(60(56)44-49)42-17-18-43-65)48-38-36-46(37-39-48)51-31-19-35-63-64(51)58-30-13-16-34-62(58)67(63)47-22-5-2-6-23-47/h1-16,19-41,44H,17-18,42-43H2. The van der Waals surface area contributed by atoms with Crippen LogP contribution in [0.15, 0.2) is 243 Å². The second-order valence-electron chi connectivity index (χ2n) is 18.3. The van der Waals surface area contributed by atoms with Gasteiger partial charge in [0.15, 0.2) is 0 Å². The molecular formula is C65H48N2. The van der Waals surface area contributed by atoms with Gasteiger partial charge in [-0.3, -0.25) is 0 Å². The molecule has 11 aromatic rings. The highest BCUT2D eigenvalue weighted by atomic mass is 15.1. The minimum Gasteiger partial charge on any atom is -0.310 e. The molecule has 0 aliphatic heterocycles. The van der Waals surface area contributed by atoms with Gasteiger partial charge in [0, 0.05) is 38.8 Å². The van der Waals surface area contributed by atoms with E-state index < -0.39 is 0 Å². The molecule has 0 atom stereocenters. The Hall–Kier alpha value is -8.20. The molecule has 2 aliphatic carbocycles. The van der Waals surface area contributed by atoms with Gasteiger partial charge in [-0.25, -0.2) is 0 Å². The molecule has 1 heterocycles. The number of hydrogen-bond acceptors (Lipinski definition) is 1. The molecule has 0 N–H and O–H groups in total. The fourth-order valence-electron chi connectivity index (χ4n) is 11.9. The van der Waals surface area contributed by atoms with E-state index >= 15 is 0 Å². The molecule has 0 saturated heterocycles. The van der Waals surface area contributed by atoms with Crippen LogP contribution < -0.4 is 4.90 Å². The first kappa shape index (κ1) is 39.2. The van der Waals surface area contributed by atoms with Crippen LogP contribution in [0.3, 0.4) is 0 Å². The number of para-hydroxylation sites is 3. The van der Waals surface area contributed by atoms with Crippen LogP contribution in [0.1, 0.15) is 36.8 Å². The molecule has 2 nitrogen and oxygen atoms in total. The first-order valence-electron chi connectivity index (χ1n) is 23.8. The summed E-state index contributed by atoms with van der Waals surface area (Å²) in [5.41, 5.74) is 22.5. The van der Waals surface area contributed by atoms with Gasteiger partial charge in [-0.2, -0.15) is 0 Å². The predicted octanol–water partition coefficient (Wildman–Crippen LogP) is 17.8. The van der Waals surface area contributed by atoms with Crippen molar-refractivity contribution in [3.63, 3.8) is 0 Å². The van der Waals surface area contributed by atoms with Crippen LogP contribution in [-0.4, -0.2) is 4.57 Å². The average Bonchev–Trinajstić information content (AvgIpc) is 4.11. The number of anilines is 3. The third kappa shape index (κ3) is 6.32. The second kappa shape index (κ2) is 16.0. The lowest BCUT2D eigenvalue weighted by molar-refractivity contribution is 0.550. The molecule has 1 aromatic heterocycles. The van der Waals surface area contributed by atoms with Crippen molar-refractivity contribution >= 4 is 38.9 Å². The van der Waals surface area contributed by atoms with Gasteiger partial charge in [0.05, 0.1) is 16.7 Å². The van der Waals surface area contributed by atoms with Crippen molar-refractivity contribution in [3.05, 3.63) is 254 Å². The maximum Gasteiger partial charge on any atom is 0.0547 e. The van der Waals surface area contributed by atoms with E-state index in [0.29, 0.717) is 0 Å². The van der Waals surface area contributed by atoms with Crippen molar-refractivity contribution in [2.24, 2.45) is 0 Å². The molecule has 0 radical (unpaired) electrons. The number of aromatic nitrogens is 1. The van der Waals surface area contributed by atoms with E-state index in [0.717, 1.165) is 17.1 Å². The van der Waals surface area contributed by atoms with Gasteiger partial charge in [-0.05, 0) is 129 Å². The Morgan fingerprint density at radius 2 is 0.866 bits per heavy atom. The predicted molar refractivity (Wildman–Crippen MR) is 282 cm³/mol. The van der Waals surface area contributed by atoms with E-state index in [2.05, 4.69) is 252 Å². The Bertz CT molecular complexity index is 3630. The van der Waals surface area contributed by atoms with Crippen molar-refractivity contribution in [3.8, 4) is 61.3 Å². The first-order chi connectivity index (χ1) is 33.2. The van der Waals surface area contributed by atoms with Crippen molar-refractivity contribution in [1.82, 2.24) is 4.57 Å². The normalized spacial score (nSPS) is 13.6. The van der Waals surface area contributed by atoms with E-state index in [-0.39, 0.29) is 5.41 Å². The summed E-state index contributed by atoms with van der Waals surface area (Å²) in [6, 6.07) is 89.8. The molecular weight excluding hydrogens is 809 g/mol. The van der Waals surface area contributed by atoms with Crippen molar-refractivity contribution in [2.45, 2.75) is 31.1 Å². The SMILES string of the molecule is c1ccc(-c2ccccc2-c2ccccc2-c2ccccc2N(c2ccc(-c3cccc4c3c3ccccc3n4-c3ccccc3)cc2)c2ccc3c(c2)C2(CCCC2)c2ccccc2-3)cc1. The third-order valence-electron chi connectivity index (χ3n) is 14.8. The largest absolute Gasteiger partial charge is 0.310 e. The highest BCUT2D eigenvalue weighted by molar-refractivity contribution is 6.16. The molecule has 2 heteroatoms. The summed E-state index contributed by atoms with van der Waals surface area (Å²) >= 11 is 0. The maximum atomic E-state index is 2.54. The van der Waals surface area contributed by atoms with E-state index in [9.17, 15) is 0 Å². The first-order valence-corrected chi connectivity index (χ1v) is 23.8. The maximum absolute atomic E-state index is 2.54. The fraction of sp³-hybridized carbons (Fsp3) is 0.0769. The minimum atomic E-state index is 0.0440. The van der Waals surface area contributed by atoms with Crippen molar-refractivity contribution < 1.29 is 0 Å². The molecule has 0 amide bonds. The Labute approximate surface area is 392 Å². The third-order valence-corrected chi connectivity index (χ3v) is 14.8. The van der Waals surface area contributed by atoms with Gasteiger partial charge in [0.25, 0.3) is 0 Å². The van der Waals surface area contributed by atoms with Gasteiger partial charge < -0.3 is 9.47 Å². The molecule has 10 aromatic carbocycles. The van der Waals surface area contributed by atoms with E-state index in [1.807, 2.05) is 0 Å². The number of hydrogen-bond donors (Lipinski definition) is 0. The lowest BCUT2D eigenvalue weighted by atomic mass is 9.76. The molecule has 2 aliphatic rings. The van der Waals surface area contributed by atoms with Gasteiger partial charge in [0.1, 0.15) is 0 Å². The van der Waals surface area contributed by atoms with Gasteiger partial charge in [0.2, 0.25) is 0 Å². The highest BCUT2D eigenvalue weighted by Crippen LogP contribution is 2.58. The van der Waals surface area contributed by atoms with E-state index in [1.165, 1.54) is 120 Å². The highest BCUT2D eigenvalue weighted by Gasteiger charge is 2.45. The molecule has 13 rings (SSSR count). The minimum absolute atomic E-state index is 0.0440. The fourth-order valence-corrected chi connectivity index (χ4v) is 11.9. The Balaban J connectivity index is 1.00. The van der Waals surface area contributed by atoms with Crippen LogP contribution in [0.25, 0.3) is 83.1 Å². The summed E-state index contributed by atoms with van der Waals surface area (Å²) in [5.74, 6) is 0. The number of benzene rings is 10. The zero-order valence-corrected chi connectivity index (χ0v) is 37.3. The van der Waals surface area contributed by atoms with E-state index in [1.54, 1.807) is 0 Å². The lowest BCUT2D eigenvalue weighted by Crippen LogP contribution is -2.21. The topological polar surface area (TPSA) is 8.17 Å². The van der Waals surface area contributed by atoms with Gasteiger partial charge in [-0.1, -0.05) is 201 Å². The van der Waals surface area contributed by atoms with Crippen LogP contribution in [0.5, 0.6) is 0 Å². The van der Waals surface area contributed by atoms with Gasteiger partial charge in [-0.15, -0.1) is 0 Å². The number of nitrogens with zero attached hydrogens (tertiary/aromatic N) is 2. The monoisotopic (exact) mass is 856 g/mol. The molecule has 318 valence electrons. The Morgan fingerprint density at radius 3 is 1.63 bits per heavy atom. The van der Waals surface area contributed by atoms with Crippen molar-refractivity contribution in [1.29, 1.82) is 0 Å². The summed E-state index contributed by atoms with van der Waals surface area (Å²) in [5, 5.41) is 2.52. The van der Waals surface area contributed by atoms with E-state index in [4.69, 9.17) is 0 Å². The molecule has 1 spiro atoms. The molecule has 0 bridgehead atoms. The Morgan fingerprint density at radius 1 is 0.343 bits per heavy atom. The average molecular weight is 857 g/mol. The van der Waals surface area contributed by atoms with Gasteiger partial charge >= 0.3 is 0 Å². The molecule has 0 unspecified atom stereocenters. The molecule has 67 heavy (non-hydrogen) atoms. The van der Waals surface area contributed by atoms with Crippen LogP contribution in [0, 0.1) is 0 Å². The summed E-state index contributed by atoms with van der Waals surface area (Å²) in [4.78, 5) is 2.52. The summed E-state index contributed by atoms with van der Waals surface area (Å²) in [7, 11) is 0. The number of fused-ring (bicyclic) bond motifs is 8. The van der Waals surface area contributed by atoms with Crippen LogP contribution in [0.4, 0.5) is 17.1 Å². The summed E-state index contributed by atoms with van der Waals surface area (Å²) in [6.07, 6.45) is 4.88. The smallest absolute Gasteiger partial charge is 0.0547 e. The number of rotatable bonds is 8. The van der Waals surface area contributed by atoms with Crippen molar-refractivity contribution in [2.75, 3.05) is 4.90 Å². The molecule has 1 fully saturated rings. The van der Waals surface area contributed by atoms with Crippen LogP contribution in [0.2, 0.25) is 0 Å². The second-order valence-corrected chi connectivity index (χ2v) is 18.3. The zero-order chi connectivity index (χ0) is 44.3. The Kier molecular flexibility index (Phi) is 9.39. The zero-order valence-electron chi connectivity index (χ0n) is 37.3. The van der Waals surface area contributed by atoms with Crippen LogP contribution in [-0.2, 0) is 5.41 Å².